The van der Waals surface area contributed by atoms with Crippen LogP contribution in [-0.2, 0) is 13.0 Å². The summed E-state index contributed by atoms with van der Waals surface area (Å²) in [6.07, 6.45) is 3.79. The number of aryl methyl sites for hydroxylation is 3. The molecular weight excluding hydrogens is 372 g/mol. The Labute approximate surface area is 166 Å². The van der Waals surface area contributed by atoms with E-state index in [9.17, 15) is 14.4 Å². The zero-order valence-corrected chi connectivity index (χ0v) is 16.4. The average molecular weight is 394 g/mol. The molecule has 0 atom stereocenters. The van der Waals surface area contributed by atoms with Gasteiger partial charge in [-0.15, -0.1) is 0 Å². The van der Waals surface area contributed by atoms with Crippen molar-refractivity contribution in [1.29, 1.82) is 0 Å². The van der Waals surface area contributed by atoms with Crippen molar-refractivity contribution in [2.45, 2.75) is 46.1 Å². The third-order valence-corrected chi connectivity index (χ3v) is 5.15. The first kappa shape index (κ1) is 18.9. The number of nitrogens with zero attached hydrogens (tertiary/aromatic N) is 2. The summed E-state index contributed by atoms with van der Waals surface area (Å²) >= 11 is 0. The van der Waals surface area contributed by atoms with Crippen LogP contribution in [0.4, 0.5) is 0 Å². The van der Waals surface area contributed by atoms with E-state index in [0.717, 1.165) is 31.5 Å². The molecule has 0 saturated heterocycles. The van der Waals surface area contributed by atoms with Gasteiger partial charge in [-0.1, -0.05) is 6.42 Å². The van der Waals surface area contributed by atoms with Gasteiger partial charge in [0.2, 0.25) is 0 Å². The van der Waals surface area contributed by atoms with Gasteiger partial charge in [0.25, 0.3) is 17.4 Å². The largest absolute Gasteiger partial charge is 0.466 e. The van der Waals surface area contributed by atoms with E-state index >= 15 is 0 Å². The van der Waals surface area contributed by atoms with Crippen LogP contribution in [0.3, 0.4) is 0 Å². The van der Waals surface area contributed by atoms with Gasteiger partial charge < -0.3 is 4.42 Å². The lowest BCUT2D eigenvalue weighted by molar-refractivity contribution is 0.0846. The summed E-state index contributed by atoms with van der Waals surface area (Å²) in [5, 5.41) is 0.487. The van der Waals surface area contributed by atoms with E-state index in [0.29, 0.717) is 40.1 Å². The number of carbonyl (C=O) groups excluding carboxylic acids is 2. The lowest BCUT2D eigenvalue weighted by Gasteiger charge is -2.11. The number of amides is 2. The SMILES string of the molecule is Cc1cc(C(=O)NNC(=O)c2ccc3c(=O)n4c(nc3c2)CCCCC4)c(C)o1. The molecule has 0 radical (unpaired) electrons. The predicted molar refractivity (Wildman–Crippen MR) is 107 cm³/mol. The van der Waals surface area contributed by atoms with Crippen LogP contribution in [0.15, 0.2) is 33.5 Å². The number of hydrazine groups is 1. The Morgan fingerprint density at radius 3 is 2.62 bits per heavy atom. The number of benzene rings is 1. The minimum atomic E-state index is -0.491. The minimum Gasteiger partial charge on any atom is -0.466 e. The highest BCUT2D eigenvalue weighted by molar-refractivity contribution is 6.01. The fourth-order valence-electron chi connectivity index (χ4n) is 3.67. The first-order valence-electron chi connectivity index (χ1n) is 9.65. The normalized spacial score (nSPS) is 13.6. The van der Waals surface area contributed by atoms with Crippen molar-refractivity contribution in [3.8, 4) is 0 Å². The Morgan fingerprint density at radius 2 is 1.86 bits per heavy atom. The highest BCUT2D eigenvalue weighted by Gasteiger charge is 2.17. The summed E-state index contributed by atoms with van der Waals surface area (Å²) in [4.78, 5) is 42.1. The van der Waals surface area contributed by atoms with Gasteiger partial charge in [-0.3, -0.25) is 29.8 Å². The van der Waals surface area contributed by atoms with Crippen molar-refractivity contribution in [3.05, 3.63) is 63.1 Å². The van der Waals surface area contributed by atoms with Gasteiger partial charge in [-0.05, 0) is 51.0 Å². The van der Waals surface area contributed by atoms with Crippen molar-refractivity contribution in [1.82, 2.24) is 20.4 Å². The first-order valence-corrected chi connectivity index (χ1v) is 9.65. The highest BCUT2D eigenvalue weighted by Crippen LogP contribution is 2.16. The molecule has 0 unspecified atom stereocenters. The molecule has 2 amide bonds. The molecule has 2 aromatic heterocycles. The summed E-state index contributed by atoms with van der Waals surface area (Å²) in [7, 11) is 0. The van der Waals surface area contributed by atoms with Crippen molar-refractivity contribution < 1.29 is 14.0 Å². The smallest absolute Gasteiger partial charge is 0.273 e. The lowest BCUT2D eigenvalue weighted by Crippen LogP contribution is -2.41. The molecule has 3 aromatic rings. The number of carbonyl (C=O) groups is 2. The average Bonchev–Trinajstić information content (AvgIpc) is 2.90. The summed E-state index contributed by atoms with van der Waals surface area (Å²) in [5.41, 5.74) is 5.86. The van der Waals surface area contributed by atoms with Gasteiger partial charge in [-0.2, -0.15) is 0 Å². The molecule has 3 heterocycles. The summed E-state index contributed by atoms with van der Waals surface area (Å²) in [6.45, 7) is 4.10. The summed E-state index contributed by atoms with van der Waals surface area (Å²) < 4.78 is 7.07. The maximum Gasteiger partial charge on any atom is 0.273 e. The second-order valence-electron chi connectivity index (χ2n) is 7.26. The highest BCUT2D eigenvalue weighted by atomic mass is 16.3. The van der Waals surface area contributed by atoms with Crippen LogP contribution in [0.2, 0.25) is 0 Å². The second kappa shape index (κ2) is 7.54. The topological polar surface area (TPSA) is 106 Å². The Bertz CT molecular complexity index is 1180. The number of aromatic nitrogens is 2. The zero-order valence-electron chi connectivity index (χ0n) is 16.4. The van der Waals surface area contributed by atoms with Crippen molar-refractivity contribution in [2.75, 3.05) is 0 Å². The van der Waals surface area contributed by atoms with E-state index in [2.05, 4.69) is 15.8 Å². The van der Waals surface area contributed by atoms with Crippen molar-refractivity contribution in [2.24, 2.45) is 0 Å². The van der Waals surface area contributed by atoms with Crippen LogP contribution in [0.1, 0.15) is 57.3 Å². The molecule has 8 nitrogen and oxygen atoms in total. The molecule has 0 aliphatic carbocycles. The Hall–Kier alpha value is -3.42. The van der Waals surface area contributed by atoms with E-state index in [1.807, 2.05) is 0 Å². The minimum absolute atomic E-state index is 0.0713. The maximum atomic E-state index is 12.8. The van der Waals surface area contributed by atoms with Crippen LogP contribution >= 0.6 is 0 Å². The number of rotatable bonds is 2. The molecule has 8 heteroatoms. The monoisotopic (exact) mass is 394 g/mol. The Balaban J connectivity index is 1.56. The summed E-state index contributed by atoms with van der Waals surface area (Å²) in [5.74, 6) is 0.900. The lowest BCUT2D eigenvalue weighted by atomic mass is 10.1. The van der Waals surface area contributed by atoms with Crippen LogP contribution in [-0.4, -0.2) is 21.4 Å². The molecule has 0 spiro atoms. The van der Waals surface area contributed by atoms with Gasteiger partial charge in [0.1, 0.15) is 17.3 Å². The molecule has 1 aliphatic rings. The number of fused-ring (bicyclic) bond motifs is 2. The molecule has 4 rings (SSSR count). The van der Waals surface area contributed by atoms with Crippen molar-refractivity contribution >= 4 is 22.7 Å². The van der Waals surface area contributed by atoms with Crippen LogP contribution in [0.25, 0.3) is 10.9 Å². The van der Waals surface area contributed by atoms with Crippen LogP contribution < -0.4 is 16.4 Å². The third kappa shape index (κ3) is 3.65. The number of hydrogen-bond donors (Lipinski definition) is 2. The summed E-state index contributed by atoms with van der Waals surface area (Å²) in [6, 6.07) is 6.36. The molecule has 2 N–H and O–H groups in total. The van der Waals surface area contributed by atoms with Gasteiger partial charge >= 0.3 is 0 Å². The van der Waals surface area contributed by atoms with Crippen LogP contribution in [0, 0.1) is 13.8 Å². The van der Waals surface area contributed by atoms with Crippen LogP contribution in [0.5, 0.6) is 0 Å². The fraction of sp³-hybridized carbons (Fsp3) is 0.333. The molecule has 29 heavy (non-hydrogen) atoms. The molecule has 1 aliphatic heterocycles. The molecule has 1 aromatic carbocycles. The zero-order chi connectivity index (χ0) is 20.5. The van der Waals surface area contributed by atoms with E-state index < -0.39 is 11.8 Å². The molecule has 0 fully saturated rings. The Kier molecular flexibility index (Phi) is 4.92. The van der Waals surface area contributed by atoms with Gasteiger partial charge in [-0.25, -0.2) is 4.98 Å². The molecule has 0 bridgehead atoms. The van der Waals surface area contributed by atoms with E-state index in [1.54, 1.807) is 42.7 Å². The van der Waals surface area contributed by atoms with E-state index in [1.165, 1.54) is 0 Å². The van der Waals surface area contributed by atoms with Gasteiger partial charge in [0.15, 0.2) is 0 Å². The van der Waals surface area contributed by atoms with E-state index in [-0.39, 0.29) is 5.56 Å². The Morgan fingerprint density at radius 1 is 1.07 bits per heavy atom. The standard InChI is InChI=1S/C21H22N4O4/c1-12-10-16(13(2)29-12)20(27)24-23-19(26)14-7-8-15-17(11-14)22-18-6-4-3-5-9-25(18)21(15)28/h7-8,10-11H,3-6,9H2,1-2H3,(H,23,26)(H,24,27). The predicted octanol–water partition coefficient (Wildman–Crippen LogP) is 2.41. The number of furan rings is 1. The molecule has 0 saturated carbocycles. The number of nitrogens with one attached hydrogen (secondary N) is 2. The third-order valence-electron chi connectivity index (χ3n) is 5.15. The van der Waals surface area contributed by atoms with Gasteiger partial charge in [0.05, 0.1) is 16.5 Å². The van der Waals surface area contributed by atoms with Gasteiger partial charge in [0, 0.05) is 18.5 Å². The first-order chi connectivity index (χ1) is 13.9. The van der Waals surface area contributed by atoms with Crippen molar-refractivity contribution in [3.63, 3.8) is 0 Å². The molecule has 150 valence electrons. The second-order valence-corrected chi connectivity index (χ2v) is 7.26. The van der Waals surface area contributed by atoms with E-state index in [4.69, 9.17) is 4.42 Å². The maximum absolute atomic E-state index is 12.8. The number of hydrogen-bond acceptors (Lipinski definition) is 5. The quantitative estimate of drug-likeness (QED) is 0.649. The molecular formula is C21H22N4O4. The fourth-order valence-corrected chi connectivity index (χ4v) is 3.67.